The largest absolute Gasteiger partial charge is 0.352 e. The van der Waals surface area contributed by atoms with Crippen molar-refractivity contribution < 1.29 is 22.9 Å². The number of nitrogens with one attached hydrogen (secondary N) is 1. The molecule has 0 radical (unpaired) electrons. The van der Waals surface area contributed by atoms with E-state index in [2.05, 4.69) is 31.2 Å². The minimum atomic E-state index is -0.923. The maximum atomic E-state index is 14.8. The van der Waals surface area contributed by atoms with E-state index in [0.29, 0.717) is 6.42 Å². The Hall–Kier alpha value is -2.77. The Morgan fingerprint density at radius 1 is 1.19 bits per heavy atom. The van der Waals surface area contributed by atoms with Gasteiger partial charge in [-0.1, -0.05) is 39.8 Å². The number of rotatable bonds is 4. The molecule has 2 heterocycles. The molecule has 1 aliphatic rings. The van der Waals surface area contributed by atoms with E-state index in [1.54, 1.807) is 6.92 Å². The molecule has 6 nitrogen and oxygen atoms in total. The molecule has 2 amide bonds. The molecule has 0 spiro atoms. The van der Waals surface area contributed by atoms with Gasteiger partial charge in [0.2, 0.25) is 23.2 Å². The summed E-state index contributed by atoms with van der Waals surface area (Å²) in [5.74, 6) is -1.60. The van der Waals surface area contributed by atoms with Gasteiger partial charge in [0, 0.05) is 18.2 Å². The van der Waals surface area contributed by atoms with Crippen molar-refractivity contribution in [3.05, 3.63) is 41.6 Å². The third-order valence-corrected chi connectivity index (χ3v) is 4.44. The van der Waals surface area contributed by atoms with Crippen LogP contribution in [0.15, 0.2) is 28.8 Å². The predicted octanol–water partition coefficient (Wildman–Crippen LogP) is 4.66. The first-order chi connectivity index (χ1) is 14.5. The van der Waals surface area contributed by atoms with Crippen LogP contribution in [-0.2, 0) is 4.79 Å². The molecule has 3 rings (SSSR count). The van der Waals surface area contributed by atoms with Crippen molar-refractivity contribution in [2.45, 2.75) is 60.0 Å². The SMILES string of the molecule is CC(C)C.CC(C)CC1C(=O)NC(C)CN1C(=O)c1noc(-c2ccc(F)cc2)c1F. The van der Waals surface area contributed by atoms with Gasteiger partial charge in [0.05, 0.1) is 0 Å². The Morgan fingerprint density at radius 3 is 2.32 bits per heavy atom. The fourth-order valence-corrected chi connectivity index (χ4v) is 3.18. The normalized spacial score (nSPS) is 18.6. The molecule has 0 aliphatic carbocycles. The highest BCUT2D eigenvalue weighted by Gasteiger charge is 2.39. The summed E-state index contributed by atoms with van der Waals surface area (Å²) in [7, 11) is 0. The van der Waals surface area contributed by atoms with E-state index in [1.165, 1.54) is 17.0 Å². The van der Waals surface area contributed by atoms with Crippen LogP contribution >= 0.6 is 0 Å². The van der Waals surface area contributed by atoms with E-state index in [-0.39, 0.29) is 35.7 Å². The summed E-state index contributed by atoms with van der Waals surface area (Å²) in [4.78, 5) is 26.6. The summed E-state index contributed by atoms with van der Waals surface area (Å²) in [6.45, 7) is 12.4. The number of hydrogen-bond donors (Lipinski definition) is 1. The molecule has 2 atom stereocenters. The fraction of sp³-hybridized carbons (Fsp3) is 0.522. The lowest BCUT2D eigenvalue weighted by Gasteiger charge is -2.38. The van der Waals surface area contributed by atoms with Crippen LogP contribution in [0.3, 0.4) is 0 Å². The van der Waals surface area contributed by atoms with Crippen LogP contribution in [0, 0.1) is 23.5 Å². The minimum absolute atomic E-state index is 0.168. The molecule has 1 saturated heterocycles. The van der Waals surface area contributed by atoms with Crippen LogP contribution in [-0.4, -0.2) is 40.5 Å². The summed E-state index contributed by atoms with van der Waals surface area (Å²) in [5.41, 5.74) is -0.214. The lowest BCUT2D eigenvalue weighted by Crippen LogP contribution is -2.61. The van der Waals surface area contributed by atoms with Crippen LogP contribution in [0.25, 0.3) is 11.3 Å². The monoisotopic (exact) mass is 435 g/mol. The zero-order valence-electron chi connectivity index (χ0n) is 18.9. The summed E-state index contributed by atoms with van der Waals surface area (Å²) < 4.78 is 32.9. The van der Waals surface area contributed by atoms with Crippen molar-refractivity contribution >= 4 is 11.8 Å². The average molecular weight is 436 g/mol. The predicted molar refractivity (Wildman–Crippen MR) is 114 cm³/mol. The smallest absolute Gasteiger partial charge is 0.279 e. The second-order valence-corrected chi connectivity index (χ2v) is 8.93. The first-order valence-electron chi connectivity index (χ1n) is 10.5. The number of piperazine rings is 1. The minimum Gasteiger partial charge on any atom is -0.352 e. The molecule has 2 unspecified atom stereocenters. The van der Waals surface area contributed by atoms with Gasteiger partial charge in [-0.05, 0) is 49.4 Å². The molecular weight excluding hydrogens is 404 g/mol. The van der Waals surface area contributed by atoms with Crippen molar-refractivity contribution in [2.75, 3.05) is 6.54 Å². The van der Waals surface area contributed by atoms with E-state index in [1.807, 2.05) is 13.8 Å². The molecule has 1 fully saturated rings. The molecule has 1 aromatic carbocycles. The highest BCUT2D eigenvalue weighted by molar-refractivity contribution is 5.97. The van der Waals surface area contributed by atoms with Gasteiger partial charge in [0.25, 0.3) is 5.91 Å². The molecule has 0 bridgehead atoms. The first kappa shape index (κ1) is 24.5. The molecular formula is C23H31F2N3O3. The third kappa shape index (κ3) is 6.35. The van der Waals surface area contributed by atoms with Crippen molar-refractivity contribution in [3.63, 3.8) is 0 Å². The lowest BCUT2D eigenvalue weighted by molar-refractivity contribution is -0.129. The molecule has 1 N–H and O–H groups in total. The van der Waals surface area contributed by atoms with E-state index in [0.717, 1.165) is 18.1 Å². The van der Waals surface area contributed by atoms with E-state index in [9.17, 15) is 18.4 Å². The molecule has 2 aromatic rings. The standard InChI is InChI=1S/C19H21F2N3O3.C4H10/c1-10(2)8-14-18(25)22-11(3)9-24(14)19(26)16-15(21)17(27-23-16)12-4-6-13(20)7-5-12;1-4(2)3/h4-7,10-11,14H,8-9H2,1-3H3,(H,22,25);4H,1-3H3. The van der Waals surface area contributed by atoms with Gasteiger partial charge in [0.1, 0.15) is 11.9 Å². The number of aromatic nitrogens is 1. The first-order valence-corrected chi connectivity index (χ1v) is 10.5. The quantitative estimate of drug-likeness (QED) is 0.758. The van der Waals surface area contributed by atoms with Gasteiger partial charge in [-0.2, -0.15) is 4.39 Å². The number of amides is 2. The van der Waals surface area contributed by atoms with Gasteiger partial charge >= 0.3 is 0 Å². The number of carbonyl (C=O) groups is 2. The maximum absolute atomic E-state index is 14.8. The highest BCUT2D eigenvalue weighted by Crippen LogP contribution is 2.27. The lowest BCUT2D eigenvalue weighted by atomic mass is 9.98. The van der Waals surface area contributed by atoms with Gasteiger partial charge in [-0.25, -0.2) is 4.39 Å². The summed E-state index contributed by atoms with van der Waals surface area (Å²) in [6, 6.07) is 4.05. The second kappa shape index (κ2) is 10.5. The fourth-order valence-electron chi connectivity index (χ4n) is 3.18. The number of hydrogen-bond acceptors (Lipinski definition) is 4. The third-order valence-electron chi connectivity index (χ3n) is 4.44. The van der Waals surface area contributed by atoms with Crippen LogP contribution in [0.5, 0.6) is 0 Å². The van der Waals surface area contributed by atoms with Crippen LogP contribution in [0.2, 0.25) is 0 Å². The van der Waals surface area contributed by atoms with Gasteiger partial charge < -0.3 is 14.7 Å². The van der Waals surface area contributed by atoms with Crippen LogP contribution in [0.4, 0.5) is 8.78 Å². The number of carbonyl (C=O) groups excluding carboxylic acids is 2. The molecule has 170 valence electrons. The molecule has 1 aliphatic heterocycles. The Bertz CT molecular complexity index is 891. The van der Waals surface area contributed by atoms with Gasteiger partial charge in [0.15, 0.2) is 0 Å². The van der Waals surface area contributed by atoms with E-state index in [4.69, 9.17) is 4.52 Å². The van der Waals surface area contributed by atoms with Crippen LogP contribution < -0.4 is 5.32 Å². The summed E-state index contributed by atoms with van der Waals surface area (Å²) in [6.07, 6.45) is 0.453. The molecule has 1 aromatic heterocycles. The summed E-state index contributed by atoms with van der Waals surface area (Å²) in [5, 5.41) is 6.40. The Balaban J connectivity index is 0.000000785. The zero-order chi connectivity index (χ0) is 23.3. The zero-order valence-corrected chi connectivity index (χ0v) is 18.9. The Kier molecular flexibility index (Phi) is 8.30. The molecule has 8 heteroatoms. The second-order valence-electron chi connectivity index (χ2n) is 8.93. The van der Waals surface area contributed by atoms with E-state index >= 15 is 0 Å². The van der Waals surface area contributed by atoms with Gasteiger partial charge in [-0.15, -0.1) is 0 Å². The molecule has 0 saturated carbocycles. The van der Waals surface area contributed by atoms with Crippen molar-refractivity contribution in [2.24, 2.45) is 11.8 Å². The number of benzene rings is 1. The average Bonchev–Trinajstić information content (AvgIpc) is 3.04. The van der Waals surface area contributed by atoms with Crippen molar-refractivity contribution in [1.29, 1.82) is 0 Å². The van der Waals surface area contributed by atoms with Gasteiger partial charge in [-0.3, -0.25) is 9.59 Å². The highest BCUT2D eigenvalue weighted by atomic mass is 19.1. The maximum Gasteiger partial charge on any atom is 0.279 e. The van der Waals surface area contributed by atoms with Crippen molar-refractivity contribution in [3.8, 4) is 11.3 Å². The Morgan fingerprint density at radius 2 is 1.77 bits per heavy atom. The Labute approximate surface area is 182 Å². The molecule has 31 heavy (non-hydrogen) atoms. The van der Waals surface area contributed by atoms with E-state index < -0.39 is 29.3 Å². The number of nitrogens with zero attached hydrogens (tertiary/aromatic N) is 2. The van der Waals surface area contributed by atoms with Crippen LogP contribution in [0.1, 0.15) is 58.5 Å². The summed E-state index contributed by atoms with van der Waals surface area (Å²) >= 11 is 0. The number of halogens is 2. The van der Waals surface area contributed by atoms with Crippen molar-refractivity contribution in [1.82, 2.24) is 15.4 Å². The topological polar surface area (TPSA) is 75.4 Å².